The molecule has 0 atom stereocenters. The number of para-hydroxylation sites is 2. The lowest BCUT2D eigenvalue weighted by Gasteiger charge is -2.18. The van der Waals surface area contributed by atoms with Crippen molar-refractivity contribution in [2.24, 2.45) is 0 Å². The van der Waals surface area contributed by atoms with Crippen LogP contribution >= 0.6 is 0 Å². The molecule has 0 unspecified atom stereocenters. The number of phenols is 2. The predicted octanol–water partition coefficient (Wildman–Crippen LogP) is 22.6. The summed E-state index contributed by atoms with van der Waals surface area (Å²) in [6.07, 6.45) is 22.6. The summed E-state index contributed by atoms with van der Waals surface area (Å²) in [5.74, 6) is 0.831. The lowest BCUT2D eigenvalue weighted by Crippen LogP contribution is -2.01. The first-order chi connectivity index (χ1) is 40.3. The van der Waals surface area contributed by atoms with Gasteiger partial charge in [0.25, 0.3) is 0 Å². The predicted molar refractivity (Wildman–Crippen MR) is 346 cm³/mol. The first-order valence-corrected chi connectivity index (χ1v) is 30.7. The fourth-order valence-corrected chi connectivity index (χ4v) is 11.7. The van der Waals surface area contributed by atoms with E-state index >= 15 is 0 Å². The SMILES string of the molecule is CCCCCCCCCCCC(=O)c1ccc(-c2ccccc2-c2ccc(-c3ccccc3O)cc2)c(-c2ccc(-c3cc(C(=O)CCCCCCCCCCC)ccc3-c3ccccc3-c3ccc(-c4ccccc4O)cc3)cc2)c1. The van der Waals surface area contributed by atoms with E-state index in [1.165, 1.54) is 77.0 Å². The molecule has 4 heteroatoms. The third-order valence-corrected chi connectivity index (χ3v) is 16.5. The number of hydrogen-bond donors (Lipinski definition) is 2. The van der Waals surface area contributed by atoms with E-state index in [1.807, 2.05) is 48.5 Å². The summed E-state index contributed by atoms with van der Waals surface area (Å²) in [5, 5.41) is 21.3. The summed E-state index contributed by atoms with van der Waals surface area (Å²) in [4.78, 5) is 28.3. The number of benzene rings is 9. The molecule has 0 aromatic heterocycles. The molecule has 9 aromatic rings. The Hall–Kier alpha value is -8.08. The summed E-state index contributed by atoms with van der Waals surface area (Å²) in [6.45, 7) is 4.51. The van der Waals surface area contributed by atoms with E-state index in [1.54, 1.807) is 12.1 Å². The number of ketones is 2. The number of carbonyl (C=O) groups excluding carboxylic acids is 2. The van der Waals surface area contributed by atoms with Crippen molar-refractivity contribution in [3.05, 3.63) is 217 Å². The van der Waals surface area contributed by atoms with Crippen LogP contribution in [0.5, 0.6) is 11.5 Å². The first-order valence-electron chi connectivity index (χ1n) is 30.7. The Morgan fingerprint density at radius 1 is 0.256 bits per heavy atom. The Kier molecular flexibility index (Phi) is 21.5. The van der Waals surface area contributed by atoms with Gasteiger partial charge in [-0.3, -0.25) is 9.59 Å². The molecule has 2 N–H and O–H groups in total. The maximum atomic E-state index is 14.2. The minimum atomic E-state index is 0.167. The van der Waals surface area contributed by atoms with Crippen molar-refractivity contribution in [1.82, 2.24) is 0 Å². The minimum Gasteiger partial charge on any atom is -0.507 e. The normalized spacial score (nSPS) is 11.2. The fourth-order valence-electron chi connectivity index (χ4n) is 11.7. The van der Waals surface area contributed by atoms with Crippen LogP contribution in [0.15, 0.2) is 206 Å². The van der Waals surface area contributed by atoms with Gasteiger partial charge < -0.3 is 10.2 Å². The number of unbranched alkanes of at least 4 members (excludes halogenated alkanes) is 16. The molecule has 9 aromatic carbocycles. The van der Waals surface area contributed by atoms with Gasteiger partial charge in [-0.25, -0.2) is 0 Å². The minimum absolute atomic E-state index is 0.167. The Labute approximate surface area is 489 Å². The Morgan fingerprint density at radius 2 is 0.500 bits per heavy atom. The second-order valence-corrected chi connectivity index (χ2v) is 22.4. The molecule has 0 aliphatic carbocycles. The highest BCUT2D eigenvalue weighted by Gasteiger charge is 2.20. The molecular formula is C78H82O4. The average Bonchev–Trinajstić information content (AvgIpc) is 3.53. The number of phenolic OH excluding ortho intramolecular Hbond substituents is 2. The van der Waals surface area contributed by atoms with Crippen molar-refractivity contribution in [3.63, 3.8) is 0 Å². The standard InChI is InChI=1S/C78H82O4/c1-3-5-7-9-11-13-15-17-19-35-75(79)63-51-53-71(69-33-23-21-29-65(69)57-39-43-59(44-40-57)67-31-25-27-37-77(67)81)73(55-63)61-47-49-62(50-48-61)74-56-64(76(80)36-20-18-16-14-12-10-8-6-4-2)52-54-72(74)70-34-24-22-30-66(70)58-41-45-60(46-42-58)68-32-26-28-38-78(68)82/h21-34,37-56,81-82H,3-20,35-36H2,1-2H3. The van der Waals surface area contributed by atoms with Gasteiger partial charge in [-0.05, 0) is 115 Å². The van der Waals surface area contributed by atoms with Crippen LogP contribution in [0.25, 0.3) is 89.0 Å². The lowest BCUT2D eigenvalue weighted by molar-refractivity contribution is 0.0971. The molecule has 0 spiro atoms. The van der Waals surface area contributed by atoms with Crippen LogP contribution in [0.4, 0.5) is 0 Å². The summed E-state index contributed by atoms with van der Waals surface area (Å²) in [5.41, 5.74) is 17.2. The largest absolute Gasteiger partial charge is 0.507 e. The van der Waals surface area contributed by atoms with Gasteiger partial charge in [-0.1, -0.05) is 299 Å². The molecule has 0 amide bonds. The maximum absolute atomic E-state index is 14.2. The highest BCUT2D eigenvalue weighted by molar-refractivity contribution is 6.02. The van der Waals surface area contributed by atoms with Crippen LogP contribution in [0.3, 0.4) is 0 Å². The second kappa shape index (κ2) is 30.1. The molecule has 0 bridgehead atoms. The van der Waals surface area contributed by atoms with E-state index in [0.717, 1.165) is 139 Å². The van der Waals surface area contributed by atoms with Crippen molar-refractivity contribution in [2.45, 2.75) is 142 Å². The third kappa shape index (κ3) is 15.3. The highest BCUT2D eigenvalue weighted by Crippen LogP contribution is 2.43. The van der Waals surface area contributed by atoms with E-state index in [-0.39, 0.29) is 23.1 Å². The van der Waals surface area contributed by atoms with Crippen LogP contribution in [0, 0.1) is 0 Å². The number of Topliss-reactive ketones (excluding diaryl/α,β-unsaturated/α-hetero) is 2. The maximum Gasteiger partial charge on any atom is 0.162 e. The Balaban J connectivity index is 1.06. The van der Waals surface area contributed by atoms with Crippen molar-refractivity contribution in [1.29, 1.82) is 0 Å². The Morgan fingerprint density at radius 3 is 0.817 bits per heavy atom. The van der Waals surface area contributed by atoms with Gasteiger partial charge in [0.2, 0.25) is 0 Å². The van der Waals surface area contributed by atoms with E-state index in [4.69, 9.17) is 0 Å². The molecule has 4 nitrogen and oxygen atoms in total. The molecule has 0 saturated heterocycles. The van der Waals surface area contributed by atoms with E-state index in [2.05, 4.69) is 159 Å². The molecule has 0 fully saturated rings. The van der Waals surface area contributed by atoms with Crippen molar-refractivity contribution >= 4 is 11.6 Å². The monoisotopic (exact) mass is 1080 g/mol. The smallest absolute Gasteiger partial charge is 0.162 e. The number of hydrogen-bond acceptors (Lipinski definition) is 4. The number of aromatic hydroxyl groups is 2. The quantitative estimate of drug-likeness (QED) is 0.0348. The average molecular weight is 1080 g/mol. The third-order valence-electron chi connectivity index (χ3n) is 16.5. The van der Waals surface area contributed by atoms with Crippen molar-refractivity contribution in [3.8, 4) is 101 Å². The first kappa shape index (κ1) is 58.6. The lowest BCUT2D eigenvalue weighted by atomic mass is 9.85. The van der Waals surface area contributed by atoms with Gasteiger partial charge >= 0.3 is 0 Å². The zero-order chi connectivity index (χ0) is 56.9. The second-order valence-electron chi connectivity index (χ2n) is 22.4. The molecular weight excluding hydrogens is 1000 g/mol. The molecule has 0 saturated carbocycles. The summed E-state index contributed by atoms with van der Waals surface area (Å²) in [6, 6.07) is 69.8. The van der Waals surface area contributed by atoms with Gasteiger partial charge in [0.05, 0.1) is 0 Å². The molecule has 0 radical (unpaired) electrons. The van der Waals surface area contributed by atoms with Crippen LogP contribution in [0.1, 0.15) is 163 Å². The topological polar surface area (TPSA) is 74.6 Å². The van der Waals surface area contributed by atoms with Crippen LogP contribution in [0.2, 0.25) is 0 Å². The zero-order valence-corrected chi connectivity index (χ0v) is 48.5. The van der Waals surface area contributed by atoms with Gasteiger partial charge in [-0.2, -0.15) is 0 Å². The highest BCUT2D eigenvalue weighted by atomic mass is 16.3. The van der Waals surface area contributed by atoms with Gasteiger partial charge in [0.15, 0.2) is 11.6 Å². The van der Waals surface area contributed by atoms with E-state index in [9.17, 15) is 19.8 Å². The molecule has 418 valence electrons. The molecule has 82 heavy (non-hydrogen) atoms. The van der Waals surface area contributed by atoms with Gasteiger partial charge in [0, 0.05) is 35.1 Å². The summed E-state index contributed by atoms with van der Waals surface area (Å²) < 4.78 is 0. The fraction of sp³-hybridized carbons (Fsp3) is 0.282. The van der Waals surface area contributed by atoms with Crippen LogP contribution in [-0.4, -0.2) is 21.8 Å². The van der Waals surface area contributed by atoms with Crippen molar-refractivity contribution < 1.29 is 19.8 Å². The molecule has 0 heterocycles. The number of carbonyl (C=O) groups is 2. The van der Waals surface area contributed by atoms with Crippen LogP contribution in [-0.2, 0) is 0 Å². The summed E-state index contributed by atoms with van der Waals surface area (Å²) in [7, 11) is 0. The zero-order valence-electron chi connectivity index (χ0n) is 48.5. The molecule has 0 aliphatic heterocycles. The van der Waals surface area contributed by atoms with Gasteiger partial charge in [-0.15, -0.1) is 0 Å². The number of rotatable bonds is 30. The summed E-state index contributed by atoms with van der Waals surface area (Å²) >= 11 is 0. The van der Waals surface area contributed by atoms with Gasteiger partial charge in [0.1, 0.15) is 11.5 Å². The molecule has 9 rings (SSSR count). The van der Waals surface area contributed by atoms with E-state index in [0.29, 0.717) is 12.8 Å². The van der Waals surface area contributed by atoms with Crippen LogP contribution < -0.4 is 0 Å². The van der Waals surface area contributed by atoms with Crippen molar-refractivity contribution in [2.75, 3.05) is 0 Å². The Bertz CT molecular complexity index is 3260. The molecule has 0 aliphatic rings. The van der Waals surface area contributed by atoms with E-state index < -0.39 is 0 Å².